The zero-order valence-electron chi connectivity index (χ0n) is 11.0. The molecule has 9 heteroatoms. The van der Waals surface area contributed by atoms with Crippen molar-refractivity contribution < 1.29 is 13.3 Å². The fraction of sp³-hybridized carbons (Fsp3) is 0.0769. The first kappa shape index (κ1) is 14.8. The fourth-order valence-electron chi connectivity index (χ4n) is 2.22. The van der Waals surface area contributed by atoms with Crippen LogP contribution in [0.25, 0.3) is 0 Å². The molecule has 0 spiro atoms. The van der Waals surface area contributed by atoms with E-state index in [1.807, 2.05) is 0 Å². The van der Waals surface area contributed by atoms with Gasteiger partial charge in [0, 0.05) is 17.2 Å². The van der Waals surface area contributed by atoms with E-state index in [0.29, 0.717) is 16.3 Å². The summed E-state index contributed by atoms with van der Waals surface area (Å²) in [6.45, 7) is 0. The SMILES string of the molecule is O=[N+]([O-])c1cccc(C2Nc3cc(Cl)ccc3S(=O)(=O)N2)c1. The quantitative estimate of drug-likeness (QED) is 0.647. The molecule has 1 aliphatic heterocycles. The molecule has 3 rings (SSSR count). The smallest absolute Gasteiger partial charge is 0.269 e. The molecule has 1 heterocycles. The van der Waals surface area contributed by atoms with Crippen molar-refractivity contribution in [2.75, 3.05) is 5.32 Å². The molecule has 0 bridgehead atoms. The van der Waals surface area contributed by atoms with Crippen molar-refractivity contribution in [3.63, 3.8) is 0 Å². The fourth-order valence-corrected chi connectivity index (χ4v) is 3.68. The van der Waals surface area contributed by atoms with Gasteiger partial charge in [-0.05, 0) is 23.8 Å². The minimum absolute atomic E-state index is 0.0820. The van der Waals surface area contributed by atoms with Crippen LogP contribution in [0.3, 0.4) is 0 Å². The molecule has 1 aliphatic rings. The van der Waals surface area contributed by atoms with Gasteiger partial charge in [-0.3, -0.25) is 10.1 Å². The number of halogens is 1. The van der Waals surface area contributed by atoms with Crippen LogP contribution in [0.15, 0.2) is 47.4 Å². The number of nitrogens with zero attached hydrogens (tertiary/aromatic N) is 1. The van der Waals surface area contributed by atoms with Gasteiger partial charge in [-0.25, -0.2) is 8.42 Å². The van der Waals surface area contributed by atoms with Crippen LogP contribution in [-0.4, -0.2) is 13.3 Å². The van der Waals surface area contributed by atoms with E-state index in [2.05, 4.69) is 10.0 Å². The second kappa shape index (κ2) is 5.24. The third-order valence-corrected chi connectivity index (χ3v) is 4.93. The van der Waals surface area contributed by atoms with Crippen LogP contribution in [0.4, 0.5) is 11.4 Å². The van der Waals surface area contributed by atoms with Gasteiger partial charge in [0.1, 0.15) is 11.1 Å². The van der Waals surface area contributed by atoms with Crippen LogP contribution in [-0.2, 0) is 10.0 Å². The molecular weight excluding hydrogens is 330 g/mol. The van der Waals surface area contributed by atoms with Crippen molar-refractivity contribution in [2.24, 2.45) is 0 Å². The summed E-state index contributed by atoms with van der Waals surface area (Å²) in [7, 11) is -3.73. The third-order valence-electron chi connectivity index (χ3n) is 3.22. The Labute approximate surface area is 131 Å². The maximum Gasteiger partial charge on any atom is 0.269 e. The van der Waals surface area contributed by atoms with Crippen molar-refractivity contribution in [3.8, 4) is 0 Å². The van der Waals surface area contributed by atoms with Crippen molar-refractivity contribution in [1.82, 2.24) is 4.72 Å². The molecule has 0 amide bonds. The van der Waals surface area contributed by atoms with Gasteiger partial charge in [-0.15, -0.1) is 0 Å². The lowest BCUT2D eigenvalue weighted by Gasteiger charge is -2.28. The number of benzene rings is 2. The van der Waals surface area contributed by atoms with Crippen molar-refractivity contribution in [1.29, 1.82) is 0 Å². The van der Waals surface area contributed by atoms with Gasteiger partial charge < -0.3 is 5.32 Å². The molecule has 1 unspecified atom stereocenters. The zero-order chi connectivity index (χ0) is 15.9. The standard InChI is InChI=1S/C13H10ClN3O4S/c14-9-4-5-12-11(7-9)15-13(16-22(12,20)21)8-2-1-3-10(6-8)17(18)19/h1-7,13,15-16H. The Bertz CT molecular complexity index is 869. The molecule has 2 aromatic carbocycles. The highest BCUT2D eigenvalue weighted by Crippen LogP contribution is 2.33. The van der Waals surface area contributed by atoms with E-state index in [4.69, 9.17) is 11.6 Å². The van der Waals surface area contributed by atoms with Crippen molar-refractivity contribution in [2.45, 2.75) is 11.1 Å². The second-order valence-corrected chi connectivity index (χ2v) is 6.81. The van der Waals surface area contributed by atoms with Crippen LogP contribution < -0.4 is 10.0 Å². The zero-order valence-corrected chi connectivity index (χ0v) is 12.6. The van der Waals surface area contributed by atoms with Gasteiger partial charge in [-0.1, -0.05) is 23.7 Å². The Morgan fingerprint density at radius 3 is 2.68 bits per heavy atom. The minimum atomic E-state index is -3.73. The van der Waals surface area contributed by atoms with E-state index in [-0.39, 0.29) is 10.6 Å². The number of nitro groups is 1. The van der Waals surface area contributed by atoms with Crippen LogP contribution in [0.1, 0.15) is 11.7 Å². The van der Waals surface area contributed by atoms with Crippen LogP contribution in [0.5, 0.6) is 0 Å². The normalized spacial score (nSPS) is 19.0. The van der Waals surface area contributed by atoms with Crippen molar-refractivity contribution in [3.05, 3.63) is 63.2 Å². The number of non-ortho nitro benzene ring substituents is 1. The highest BCUT2D eigenvalue weighted by Gasteiger charge is 2.30. The summed E-state index contributed by atoms with van der Waals surface area (Å²) < 4.78 is 27.0. The summed E-state index contributed by atoms with van der Waals surface area (Å²) >= 11 is 5.89. The van der Waals surface area contributed by atoms with E-state index in [0.717, 1.165) is 0 Å². The van der Waals surface area contributed by atoms with Gasteiger partial charge in [0.05, 0.1) is 10.6 Å². The predicted octanol–water partition coefficient (Wildman–Crippen LogP) is 2.65. The molecule has 7 nitrogen and oxygen atoms in total. The molecule has 0 radical (unpaired) electrons. The Kier molecular flexibility index (Phi) is 3.51. The van der Waals surface area contributed by atoms with Crippen LogP contribution in [0, 0.1) is 10.1 Å². The number of nitrogens with one attached hydrogen (secondary N) is 2. The number of hydrogen-bond acceptors (Lipinski definition) is 5. The first-order valence-corrected chi connectivity index (χ1v) is 8.06. The lowest BCUT2D eigenvalue weighted by Crippen LogP contribution is -2.38. The molecule has 1 atom stereocenters. The molecule has 22 heavy (non-hydrogen) atoms. The number of anilines is 1. The highest BCUT2D eigenvalue weighted by atomic mass is 35.5. The monoisotopic (exact) mass is 339 g/mol. The highest BCUT2D eigenvalue weighted by molar-refractivity contribution is 7.89. The third kappa shape index (κ3) is 2.63. The van der Waals surface area contributed by atoms with E-state index in [9.17, 15) is 18.5 Å². The Morgan fingerprint density at radius 1 is 1.18 bits per heavy atom. The minimum Gasteiger partial charge on any atom is -0.364 e. The Morgan fingerprint density at radius 2 is 1.95 bits per heavy atom. The van der Waals surface area contributed by atoms with Crippen molar-refractivity contribution >= 4 is 33.0 Å². The average Bonchev–Trinajstić information content (AvgIpc) is 2.46. The Balaban J connectivity index is 2.05. The van der Waals surface area contributed by atoms with Gasteiger partial charge in [0.25, 0.3) is 5.69 Å². The van der Waals surface area contributed by atoms with Gasteiger partial charge >= 0.3 is 0 Å². The van der Waals surface area contributed by atoms with E-state index < -0.39 is 21.1 Å². The lowest BCUT2D eigenvalue weighted by atomic mass is 10.1. The summed E-state index contributed by atoms with van der Waals surface area (Å²) in [4.78, 5) is 10.4. The van der Waals surface area contributed by atoms with Crippen LogP contribution >= 0.6 is 11.6 Å². The summed E-state index contributed by atoms with van der Waals surface area (Å²) in [5.41, 5.74) is 0.668. The average molecular weight is 340 g/mol. The maximum atomic E-state index is 12.3. The topological polar surface area (TPSA) is 101 Å². The summed E-state index contributed by atoms with van der Waals surface area (Å²) in [6, 6.07) is 10.1. The maximum absolute atomic E-state index is 12.3. The number of sulfonamides is 1. The number of hydrogen-bond donors (Lipinski definition) is 2. The summed E-state index contributed by atoms with van der Waals surface area (Å²) in [5, 5.41) is 14.2. The molecule has 2 aromatic rings. The molecule has 114 valence electrons. The predicted molar refractivity (Wildman–Crippen MR) is 81.2 cm³/mol. The van der Waals surface area contributed by atoms with E-state index in [1.165, 1.54) is 36.4 Å². The second-order valence-electron chi connectivity index (χ2n) is 4.69. The molecule has 0 saturated heterocycles. The lowest BCUT2D eigenvalue weighted by molar-refractivity contribution is -0.384. The van der Waals surface area contributed by atoms with Gasteiger partial charge in [0.2, 0.25) is 10.0 Å². The number of rotatable bonds is 2. The number of fused-ring (bicyclic) bond motifs is 1. The molecule has 0 saturated carbocycles. The summed E-state index contributed by atoms with van der Waals surface area (Å²) in [5.74, 6) is 0. The first-order chi connectivity index (χ1) is 10.4. The van der Waals surface area contributed by atoms with Gasteiger partial charge in [-0.2, -0.15) is 4.72 Å². The van der Waals surface area contributed by atoms with E-state index in [1.54, 1.807) is 6.07 Å². The Hall–Kier alpha value is -2.16. The molecular formula is C13H10ClN3O4S. The molecule has 0 aromatic heterocycles. The molecule has 2 N–H and O–H groups in total. The first-order valence-electron chi connectivity index (χ1n) is 6.19. The number of nitro benzene ring substituents is 1. The molecule has 0 fully saturated rings. The van der Waals surface area contributed by atoms with Crippen LogP contribution in [0.2, 0.25) is 5.02 Å². The summed E-state index contributed by atoms with van der Waals surface area (Å²) in [6.07, 6.45) is -0.809. The van der Waals surface area contributed by atoms with E-state index >= 15 is 0 Å². The van der Waals surface area contributed by atoms with Gasteiger partial charge in [0.15, 0.2) is 0 Å². The largest absolute Gasteiger partial charge is 0.364 e. The molecule has 0 aliphatic carbocycles.